The second-order valence-electron chi connectivity index (χ2n) is 6.64. The van der Waals surface area contributed by atoms with Crippen LogP contribution in [0.3, 0.4) is 0 Å². The maximum absolute atomic E-state index is 12.7. The molecule has 0 bridgehead atoms. The number of halogens is 1. The van der Waals surface area contributed by atoms with Crippen LogP contribution in [0.25, 0.3) is 0 Å². The minimum absolute atomic E-state index is 0.0348. The Morgan fingerprint density at radius 2 is 1.68 bits per heavy atom. The van der Waals surface area contributed by atoms with E-state index in [9.17, 15) is 9.59 Å². The lowest BCUT2D eigenvalue weighted by molar-refractivity contribution is -0.140. The summed E-state index contributed by atoms with van der Waals surface area (Å²) in [5.74, 6) is 0.532. The summed E-state index contributed by atoms with van der Waals surface area (Å²) in [6, 6.07) is 14.2. The third-order valence-corrected chi connectivity index (χ3v) is 4.78. The number of ether oxygens (including phenoxy) is 1. The molecule has 0 fully saturated rings. The van der Waals surface area contributed by atoms with Crippen LogP contribution in [0.5, 0.6) is 5.75 Å². The van der Waals surface area contributed by atoms with Crippen LogP contribution in [-0.4, -0.2) is 29.9 Å². The van der Waals surface area contributed by atoms with Gasteiger partial charge in [0.1, 0.15) is 11.8 Å². The van der Waals surface area contributed by atoms with Crippen LogP contribution in [0, 0.1) is 0 Å². The zero-order valence-corrected chi connectivity index (χ0v) is 17.3. The van der Waals surface area contributed by atoms with Crippen LogP contribution < -0.4 is 10.1 Å². The second kappa shape index (κ2) is 10.7. The normalized spacial score (nSPS) is 11.6. The van der Waals surface area contributed by atoms with Gasteiger partial charge in [-0.25, -0.2) is 0 Å². The Morgan fingerprint density at radius 3 is 2.25 bits per heavy atom. The average molecular weight is 403 g/mol. The van der Waals surface area contributed by atoms with E-state index in [1.807, 2.05) is 43.3 Å². The first kappa shape index (κ1) is 21.8. The number of methoxy groups -OCH3 is 1. The van der Waals surface area contributed by atoms with E-state index in [1.165, 1.54) is 0 Å². The summed E-state index contributed by atoms with van der Waals surface area (Å²) in [6.07, 6.45) is 1.14. The van der Waals surface area contributed by atoms with Gasteiger partial charge in [-0.05, 0) is 48.7 Å². The number of rotatable bonds is 9. The number of hydrogen-bond acceptors (Lipinski definition) is 3. The number of carbonyl (C=O) groups is 2. The van der Waals surface area contributed by atoms with Crippen molar-refractivity contribution in [3.8, 4) is 5.75 Å². The van der Waals surface area contributed by atoms with E-state index in [0.29, 0.717) is 24.5 Å². The Balaban J connectivity index is 2.06. The van der Waals surface area contributed by atoms with Crippen molar-refractivity contribution in [2.24, 2.45) is 0 Å². The lowest BCUT2D eigenvalue weighted by Crippen LogP contribution is -2.47. The Morgan fingerprint density at radius 1 is 1.07 bits per heavy atom. The predicted octanol–water partition coefficient (Wildman–Crippen LogP) is 4.18. The molecule has 0 aliphatic carbocycles. The first-order valence-corrected chi connectivity index (χ1v) is 9.77. The fourth-order valence-corrected chi connectivity index (χ4v) is 2.93. The van der Waals surface area contributed by atoms with Gasteiger partial charge >= 0.3 is 0 Å². The standard InChI is InChI=1S/C22H27ClN2O3/c1-4-5-21(26)25(15-18-8-12-20(28-3)13-9-18)16(2)22(27)24-14-17-6-10-19(23)11-7-17/h6-13,16H,4-5,14-15H2,1-3H3,(H,24,27)/t16-/m1/s1. The minimum atomic E-state index is -0.576. The molecule has 5 nitrogen and oxygen atoms in total. The fraction of sp³-hybridized carbons (Fsp3) is 0.364. The highest BCUT2D eigenvalue weighted by molar-refractivity contribution is 6.30. The number of amides is 2. The number of hydrogen-bond donors (Lipinski definition) is 1. The molecule has 2 rings (SSSR count). The van der Waals surface area contributed by atoms with Crippen LogP contribution in [0.2, 0.25) is 5.02 Å². The van der Waals surface area contributed by atoms with Gasteiger partial charge in [-0.1, -0.05) is 42.8 Å². The molecule has 0 spiro atoms. The molecule has 0 radical (unpaired) electrons. The lowest BCUT2D eigenvalue weighted by atomic mass is 10.1. The van der Waals surface area contributed by atoms with Gasteiger partial charge in [0.25, 0.3) is 0 Å². The number of nitrogens with one attached hydrogen (secondary N) is 1. The molecule has 0 saturated carbocycles. The van der Waals surface area contributed by atoms with Gasteiger partial charge in [0.2, 0.25) is 11.8 Å². The van der Waals surface area contributed by atoms with Crippen LogP contribution in [0.15, 0.2) is 48.5 Å². The van der Waals surface area contributed by atoms with E-state index in [2.05, 4.69) is 5.32 Å². The molecule has 6 heteroatoms. The van der Waals surface area contributed by atoms with E-state index >= 15 is 0 Å². The first-order valence-electron chi connectivity index (χ1n) is 9.39. The molecule has 1 N–H and O–H groups in total. The molecule has 2 aromatic rings. The van der Waals surface area contributed by atoms with E-state index in [0.717, 1.165) is 23.3 Å². The summed E-state index contributed by atoms with van der Waals surface area (Å²) in [5, 5.41) is 3.56. The lowest BCUT2D eigenvalue weighted by Gasteiger charge is -2.29. The summed E-state index contributed by atoms with van der Waals surface area (Å²) in [6.45, 7) is 4.47. The van der Waals surface area contributed by atoms with Gasteiger partial charge < -0.3 is 15.0 Å². The monoisotopic (exact) mass is 402 g/mol. The SMILES string of the molecule is CCCC(=O)N(Cc1ccc(OC)cc1)[C@H](C)C(=O)NCc1ccc(Cl)cc1. The molecule has 0 heterocycles. The van der Waals surface area contributed by atoms with Crippen molar-refractivity contribution in [2.45, 2.75) is 45.8 Å². The van der Waals surface area contributed by atoms with Crippen molar-refractivity contribution >= 4 is 23.4 Å². The van der Waals surface area contributed by atoms with E-state index in [4.69, 9.17) is 16.3 Å². The van der Waals surface area contributed by atoms with Crippen LogP contribution in [0.4, 0.5) is 0 Å². The Hall–Kier alpha value is -2.53. The molecule has 2 aromatic carbocycles. The number of benzene rings is 2. The van der Waals surface area contributed by atoms with Crippen LogP contribution in [0.1, 0.15) is 37.8 Å². The first-order chi connectivity index (χ1) is 13.4. The molecule has 0 saturated heterocycles. The zero-order chi connectivity index (χ0) is 20.5. The number of nitrogens with zero attached hydrogens (tertiary/aromatic N) is 1. The zero-order valence-electron chi connectivity index (χ0n) is 16.6. The third kappa shape index (κ3) is 6.27. The van der Waals surface area contributed by atoms with Gasteiger partial charge in [-0.2, -0.15) is 0 Å². The highest BCUT2D eigenvalue weighted by Gasteiger charge is 2.25. The Kier molecular flexibility index (Phi) is 8.33. The van der Waals surface area contributed by atoms with Crippen molar-refractivity contribution in [2.75, 3.05) is 7.11 Å². The quantitative estimate of drug-likeness (QED) is 0.684. The van der Waals surface area contributed by atoms with Crippen molar-refractivity contribution in [3.63, 3.8) is 0 Å². The summed E-state index contributed by atoms with van der Waals surface area (Å²) >= 11 is 5.89. The highest BCUT2D eigenvalue weighted by Crippen LogP contribution is 2.16. The molecular weight excluding hydrogens is 376 g/mol. The van der Waals surface area contributed by atoms with Crippen molar-refractivity contribution < 1.29 is 14.3 Å². The van der Waals surface area contributed by atoms with Crippen molar-refractivity contribution in [3.05, 3.63) is 64.7 Å². The molecule has 0 aliphatic heterocycles. The topological polar surface area (TPSA) is 58.6 Å². The third-order valence-electron chi connectivity index (χ3n) is 4.52. The minimum Gasteiger partial charge on any atom is -0.497 e. The summed E-state index contributed by atoms with van der Waals surface area (Å²) in [4.78, 5) is 26.9. The second-order valence-corrected chi connectivity index (χ2v) is 7.08. The summed E-state index contributed by atoms with van der Waals surface area (Å²) in [5.41, 5.74) is 1.90. The molecule has 0 unspecified atom stereocenters. The van der Waals surface area contributed by atoms with Crippen molar-refractivity contribution in [1.82, 2.24) is 10.2 Å². The van der Waals surface area contributed by atoms with Gasteiger partial charge in [0.05, 0.1) is 7.11 Å². The fourth-order valence-electron chi connectivity index (χ4n) is 2.81. The van der Waals surface area contributed by atoms with E-state index < -0.39 is 6.04 Å². The molecule has 150 valence electrons. The van der Waals surface area contributed by atoms with Gasteiger partial charge in [0.15, 0.2) is 0 Å². The van der Waals surface area contributed by atoms with Crippen molar-refractivity contribution in [1.29, 1.82) is 0 Å². The molecule has 2 amide bonds. The molecule has 0 aliphatic rings. The van der Waals surface area contributed by atoms with Gasteiger partial charge in [-0.15, -0.1) is 0 Å². The summed E-state index contributed by atoms with van der Waals surface area (Å²) < 4.78 is 5.17. The number of carbonyl (C=O) groups excluding carboxylic acids is 2. The maximum Gasteiger partial charge on any atom is 0.242 e. The van der Waals surface area contributed by atoms with Crippen LogP contribution >= 0.6 is 11.6 Å². The summed E-state index contributed by atoms with van der Waals surface area (Å²) in [7, 11) is 1.61. The van der Waals surface area contributed by atoms with Crippen LogP contribution in [-0.2, 0) is 22.7 Å². The molecule has 1 atom stereocenters. The van der Waals surface area contributed by atoms with E-state index in [1.54, 1.807) is 31.1 Å². The molecule has 0 aromatic heterocycles. The Bertz CT molecular complexity index is 775. The van der Waals surface area contributed by atoms with Gasteiger partial charge in [-0.3, -0.25) is 9.59 Å². The molecular formula is C22H27ClN2O3. The predicted molar refractivity (Wildman–Crippen MR) is 111 cm³/mol. The largest absolute Gasteiger partial charge is 0.497 e. The highest BCUT2D eigenvalue weighted by atomic mass is 35.5. The Labute approximate surface area is 171 Å². The maximum atomic E-state index is 12.7. The molecule has 28 heavy (non-hydrogen) atoms. The average Bonchev–Trinajstić information content (AvgIpc) is 2.71. The smallest absolute Gasteiger partial charge is 0.242 e. The van der Waals surface area contributed by atoms with E-state index in [-0.39, 0.29) is 11.8 Å². The van der Waals surface area contributed by atoms with Gasteiger partial charge in [0, 0.05) is 24.5 Å².